The molecule has 0 aliphatic heterocycles. The zero-order chi connectivity index (χ0) is 12.4. The van der Waals surface area contributed by atoms with Gasteiger partial charge in [-0.3, -0.25) is 0 Å². The molecule has 0 saturated carbocycles. The Morgan fingerprint density at radius 1 is 1.06 bits per heavy atom. The van der Waals surface area contributed by atoms with Crippen molar-refractivity contribution in [3.05, 3.63) is 47.0 Å². The average molecular weight is 246 g/mol. The lowest BCUT2D eigenvalue weighted by Crippen LogP contribution is -1.82. The minimum Gasteiger partial charge on any atom is -0.508 e. The normalized spacial score (nSPS) is 9.88. The van der Waals surface area contributed by atoms with Crippen LogP contribution in [0.2, 0.25) is 5.02 Å². The fourth-order valence-electron chi connectivity index (χ4n) is 1.53. The van der Waals surface area contributed by atoms with Crippen LogP contribution in [-0.2, 0) is 0 Å². The summed E-state index contributed by atoms with van der Waals surface area (Å²) in [5, 5.41) is 28.1. The van der Waals surface area contributed by atoms with Gasteiger partial charge in [-0.15, -0.1) is 0 Å². The fraction of sp³-hybridized carbons (Fsp3) is 0. The van der Waals surface area contributed by atoms with E-state index in [-0.39, 0.29) is 17.1 Å². The molecule has 0 aliphatic rings. The topological polar surface area (TPSA) is 64.2 Å². The monoisotopic (exact) mass is 245 g/mol. The summed E-state index contributed by atoms with van der Waals surface area (Å²) in [7, 11) is 0. The van der Waals surface area contributed by atoms with E-state index in [0.29, 0.717) is 16.1 Å². The summed E-state index contributed by atoms with van der Waals surface area (Å²) in [6.07, 6.45) is 0. The van der Waals surface area contributed by atoms with Gasteiger partial charge < -0.3 is 10.2 Å². The standard InChI is InChI=1S/C13H8ClNO2/c14-12-4-3-10(16)6-11(12)8-1-2-9(7-15)13(17)5-8/h1-6,16-17H. The van der Waals surface area contributed by atoms with Crippen LogP contribution in [0.3, 0.4) is 0 Å². The third-order valence-corrected chi connectivity index (χ3v) is 2.71. The van der Waals surface area contributed by atoms with Gasteiger partial charge in [0.2, 0.25) is 0 Å². The predicted molar refractivity (Wildman–Crippen MR) is 64.9 cm³/mol. The van der Waals surface area contributed by atoms with Crippen molar-refractivity contribution in [2.45, 2.75) is 0 Å². The Hall–Kier alpha value is -2.18. The lowest BCUT2D eigenvalue weighted by molar-refractivity contribution is 0.473. The third-order valence-electron chi connectivity index (χ3n) is 2.38. The number of rotatable bonds is 1. The van der Waals surface area contributed by atoms with Gasteiger partial charge in [0.05, 0.1) is 5.56 Å². The maximum atomic E-state index is 9.58. The smallest absolute Gasteiger partial charge is 0.133 e. The summed E-state index contributed by atoms with van der Waals surface area (Å²) >= 11 is 6.00. The number of aromatic hydroxyl groups is 2. The highest BCUT2D eigenvalue weighted by Gasteiger charge is 2.07. The molecule has 2 N–H and O–H groups in total. The molecule has 0 fully saturated rings. The summed E-state index contributed by atoms with van der Waals surface area (Å²) in [5.74, 6) is -0.0161. The molecule has 17 heavy (non-hydrogen) atoms. The Bertz CT molecular complexity index is 617. The lowest BCUT2D eigenvalue weighted by Gasteiger charge is -2.06. The molecule has 0 radical (unpaired) electrons. The zero-order valence-electron chi connectivity index (χ0n) is 8.68. The first-order valence-electron chi connectivity index (χ1n) is 4.84. The molecule has 0 atom stereocenters. The quantitative estimate of drug-likeness (QED) is 0.810. The molecule has 0 unspecified atom stereocenters. The number of phenols is 2. The molecule has 0 spiro atoms. The summed E-state index contributed by atoms with van der Waals surface area (Å²) in [5.41, 5.74) is 1.44. The maximum Gasteiger partial charge on any atom is 0.133 e. The minimum atomic E-state index is -0.107. The van der Waals surface area contributed by atoms with Crippen LogP contribution in [0.5, 0.6) is 11.5 Å². The van der Waals surface area contributed by atoms with Crippen LogP contribution >= 0.6 is 11.6 Å². The van der Waals surface area contributed by atoms with Crippen LogP contribution in [0, 0.1) is 11.3 Å². The first-order chi connectivity index (χ1) is 8.11. The number of nitriles is 1. The van der Waals surface area contributed by atoms with E-state index in [1.54, 1.807) is 12.1 Å². The predicted octanol–water partition coefficient (Wildman–Crippen LogP) is 3.29. The van der Waals surface area contributed by atoms with Gasteiger partial charge in [-0.2, -0.15) is 5.26 Å². The molecule has 0 heterocycles. The van der Waals surface area contributed by atoms with E-state index in [1.165, 1.54) is 24.3 Å². The van der Waals surface area contributed by atoms with Crippen molar-refractivity contribution in [3.8, 4) is 28.7 Å². The van der Waals surface area contributed by atoms with Crippen molar-refractivity contribution in [2.75, 3.05) is 0 Å². The molecule has 0 amide bonds. The van der Waals surface area contributed by atoms with E-state index in [9.17, 15) is 10.2 Å². The summed E-state index contributed by atoms with van der Waals surface area (Å²) in [6, 6.07) is 11.0. The maximum absolute atomic E-state index is 9.58. The van der Waals surface area contributed by atoms with Gasteiger partial charge >= 0.3 is 0 Å². The first kappa shape index (κ1) is 11.3. The van der Waals surface area contributed by atoms with E-state index in [1.807, 2.05) is 6.07 Å². The van der Waals surface area contributed by atoms with Gasteiger partial charge in [-0.05, 0) is 35.9 Å². The van der Waals surface area contributed by atoms with Gasteiger partial charge in [-0.25, -0.2) is 0 Å². The summed E-state index contributed by atoms with van der Waals surface area (Å²) < 4.78 is 0. The SMILES string of the molecule is N#Cc1ccc(-c2cc(O)ccc2Cl)cc1O. The number of phenolic OH excluding ortho intramolecular Hbond substituents is 2. The van der Waals surface area contributed by atoms with Crippen LogP contribution in [0.4, 0.5) is 0 Å². The number of hydrogen-bond donors (Lipinski definition) is 2. The third kappa shape index (κ3) is 2.17. The van der Waals surface area contributed by atoms with E-state index in [4.69, 9.17) is 16.9 Å². The molecule has 84 valence electrons. The molecular formula is C13H8ClNO2. The highest BCUT2D eigenvalue weighted by atomic mass is 35.5. The Labute approximate surface area is 103 Å². The second-order valence-corrected chi connectivity index (χ2v) is 3.92. The van der Waals surface area contributed by atoms with Crippen molar-refractivity contribution in [1.82, 2.24) is 0 Å². The molecule has 0 aliphatic carbocycles. The van der Waals surface area contributed by atoms with Crippen molar-refractivity contribution < 1.29 is 10.2 Å². The zero-order valence-corrected chi connectivity index (χ0v) is 9.44. The van der Waals surface area contributed by atoms with Crippen LogP contribution in [0.25, 0.3) is 11.1 Å². The largest absolute Gasteiger partial charge is 0.508 e. The Balaban J connectivity index is 2.58. The second-order valence-electron chi connectivity index (χ2n) is 3.51. The average Bonchev–Trinajstić information content (AvgIpc) is 2.32. The molecule has 0 aromatic heterocycles. The first-order valence-corrected chi connectivity index (χ1v) is 5.21. The molecule has 4 heteroatoms. The highest BCUT2D eigenvalue weighted by molar-refractivity contribution is 6.33. The highest BCUT2D eigenvalue weighted by Crippen LogP contribution is 2.33. The van der Waals surface area contributed by atoms with Crippen LogP contribution in [0.15, 0.2) is 36.4 Å². The second kappa shape index (κ2) is 4.36. The Morgan fingerprint density at radius 2 is 1.82 bits per heavy atom. The molecule has 0 bridgehead atoms. The van der Waals surface area contributed by atoms with E-state index in [0.717, 1.165) is 0 Å². The lowest BCUT2D eigenvalue weighted by atomic mass is 10.0. The fourth-order valence-corrected chi connectivity index (χ4v) is 1.75. The number of nitrogens with zero attached hydrogens (tertiary/aromatic N) is 1. The molecule has 3 nitrogen and oxygen atoms in total. The van der Waals surface area contributed by atoms with Gasteiger partial charge in [0.25, 0.3) is 0 Å². The molecule has 0 saturated heterocycles. The number of benzene rings is 2. The molecule has 2 aromatic carbocycles. The van der Waals surface area contributed by atoms with E-state index in [2.05, 4.69) is 0 Å². The minimum absolute atomic E-state index is 0.0910. The van der Waals surface area contributed by atoms with Gasteiger partial charge in [0, 0.05) is 10.6 Å². The number of halogens is 1. The Morgan fingerprint density at radius 3 is 2.47 bits per heavy atom. The van der Waals surface area contributed by atoms with Crippen LogP contribution < -0.4 is 0 Å². The van der Waals surface area contributed by atoms with E-state index >= 15 is 0 Å². The van der Waals surface area contributed by atoms with Crippen molar-refractivity contribution in [2.24, 2.45) is 0 Å². The van der Waals surface area contributed by atoms with Gasteiger partial charge in [-0.1, -0.05) is 17.7 Å². The van der Waals surface area contributed by atoms with Gasteiger partial charge in [0.15, 0.2) is 0 Å². The van der Waals surface area contributed by atoms with Crippen molar-refractivity contribution in [3.63, 3.8) is 0 Å². The van der Waals surface area contributed by atoms with Crippen LogP contribution in [-0.4, -0.2) is 10.2 Å². The number of hydrogen-bond acceptors (Lipinski definition) is 3. The molecule has 2 rings (SSSR count). The van der Waals surface area contributed by atoms with Crippen molar-refractivity contribution in [1.29, 1.82) is 5.26 Å². The Kier molecular flexibility index (Phi) is 2.90. The molecule has 2 aromatic rings. The van der Waals surface area contributed by atoms with Crippen LogP contribution in [0.1, 0.15) is 5.56 Å². The summed E-state index contributed by atoms with van der Waals surface area (Å²) in [6.45, 7) is 0. The summed E-state index contributed by atoms with van der Waals surface area (Å²) in [4.78, 5) is 0. The molecular weight excluding hydrogens is 238 g/mol. The van der Waals surface area contributed by atoms with Gasteiger partial charge in [0.1, 0.15) is 17.6 Å². The van der Waals surface area contributed by atoms with E-state index < -0.39 is 0 Å². The van der Waals surface area contributed by atoms with Crippen molar-refractivity contribution >= 4 is 11.6 Å².